The molecule has 3 rings (SSSR count). The van der Waals surface area contributed by atoms with Gasteiger partial charge in [-0.1, -0.05) is 24.3 Å². The minimum absolute atomic E-state index is 0.447. The first-order valence-corrected chi connectivity index (χ1v) is 9.00. The van der Waals surface area contributed by atoms with Gasteiger partial charge in [-0.15, -0.1) is 0 Å². The van der Waals surface area contributed by atoms with Crippen LogP contribution in [0.25, 0.3) is 0 Å². The minimum Gasteiger partial charge on any atom is -0.492 e. The van der Waals surface area contributed by atoms with Gasteiger partial charge >= 0.3 is 0 Å². The quantitative estimate of drug-likeness (QED) is 0.605. The van der Waals surface area contributed by atoms with E-state index in [0.29, 0.717) is 19.6 Å². The number of likely N-dealkylation sites (N-methyl/N-ethyl adjacent to an activating group) is 1. The molecule has 3 N–H and O–H groups in total. The number of benzene rings is 2. The fraction of sp³-hybridized carbons (Fsp3) is 0.333. The average Bonchev–Trinajstić information content (AvgIpc) is 2.97. The third-order valence-electron chi connectivity index (χ3n) is 4.87. The third kappa shape index (κ3) is 4.46. The Hall–Kier alpha value is -2.86. The van der Waals surface area contributed by atoms with Crippen LogP contribution in [-0.4, -0.2) is 48.1 Å². The number of para-hydroxylation sites is 1. The molecule has 2 aromatic rings. The summed E-state index contributed by atoms with van der Waals surface area (Å²) >= 11 is 0. The van der Waals surface area contributed by atoms with E-state index in [-0.39, 0.29) is 0 Å². The van der Waals surface area contributed by atoms with Crippen LogP contribution in [0.15, 0.2) is 53.5 Å². The Balaban J connectivity index is 1.64. The van der Waals surface area contributed by atoms with E-state index in [1.54, 1.807) is 0 Å². The van der Waals surface area contributed by atoms with E-state index < -0.39 is 17.9 Å². The van der Waals surface area contributed by atoms with Crippen LogP contribution in [0.5, 0.6) is 5.75 Å². The lowest BCUT2D eigenvalue weighted by molar-refractivity contribution is -0.121. The molecule has 6 nitrogen and oxygen atoms in total. The van der Waals surface area contributed by atoms with E-state index in [4.69, 9.17) is 10.5 Å². The topological polar surface area (TPSA) is 88.1 Å². The number of hydrogen-bond acceptors (Lipinski definition) is 4. The number of ether oxygens (including phenoxy) is 1. The van der Waals surface area contributed by atoms with Gasteiger partial charge in [0.15, 0.2) is 0 Å². The van der Waals surface area contributed by atoms with Gasteiger partial charge < -0.3 is 20.5 Å². The Morgan fingerprint density at radius 2 is 2.04 bits per heavy atom. The molecule has 1 amide bonds. The average molecular weight is 367 g/mol. The van der Waals surface area contributed by atoms with Crippen molar-refractivity contribution in [1.82, 2.24) is 4.90 Å². The number of primary amides is 1. The lowest BCUT2D eigenvalue weighted by Crippen LogP contribution is -2.29. The summed E-state index contributed by atoms with van der Waals surface area (Å²) in [5, 5.41) is 10.1. The van der Waals surface area contributed by atoms with Crippen LogP contribution >= 0.6 is 0 Å². The van der Waals surface area contributed by atoms with Gasteiger partial charge in [-0.25, -0.2) is 4.99 Å². The Labute approximate surface area is 159 Å². The number of hydrogen-bond donors (Lipinski definition) is 2. The van der Waals surface area contributed by atoms with Crippen molar-refractivity contribution < 1.29 is 14.6 Å². The first-order valence-electron chi connectivity index (χ1n) is 9.00. The van der Waals surface area contributed by atoms with Crippen LogP contribution in [0.2, 0.25) is 0 Å². The zero-order chi connectivity index (χ0) is 19.4. The molecular weight excluding hydrogens is 342 g/mol. The number of amidine groups is 1. The molecule has 0 heterocycles. The molecule has 27 heavy (non-hydrogen) atoms. The molecule has 0 unspecified atom stereocenters. The second-order valence-electron chi connectivity index (χ2n) is 6.78. The predicted molar refractivity (Wildman–Crippen MR) is 105 cm³/mol. The number of aliphatic imine (C=N–C) groups is 1. The molecule has 0 spiro atoms. The number of rotatable bonds is 6. The van der Waals surface area contributed by atoms with Gasteiger partial charge in [0.1, 0.15) is 18.2 Å². The SMILES string of the molecule is CC(=Nc1ccc2c(c1)[C@@H](C(N)=O)[C@H](O)C2)N(C)CCOc1ccccc1. The lowest BCUT2D eigenvalue weighted by atomic mass is 9.99. The Kier molecular flexibility index (Phi) is 5.76. The van der Waals surface area contributed by atoms with Crippen molar-refractivity contribution >= 4 is 17.4 Å². The van der Waals surface area contributed by atoms with E-state index in [2.05, 4.69) is 4.99 Å². The van der Waals surface area contributed by atoms with Crippen LogP contribution in [-0.2, 0) is 11.2 Å². The van der Waals surface area contributed by atoms with Crippen molar-refractivity contribution in [1.29, 1.82) is 0 Å². The van der Waals surface area contributed by atoms with Crippen LogP contribution in [0.4, 0.5) is 5.69 Å². The highest BCUT2D eigenvalue weighted by molar-refractivity contribution is 5.85. The Bertz CT molecular complexity index is 836. The minimum atomic E-state index is -0.754. The standard InChI is InChI=1S/C21H25N3O3/c1-14(24(2)10-11-27-17-6-4-3-5-7-17)23-16-9-8-15-12-19(25)20(21(22)26)18(15)13-16/h3-9,13,19-20,25H,10-12H2,1-2H3,(H2,22,26)/t19-,20-/m1/s1. The molecule has 0 saturated heterocycles. The Morgan fingerprint density at radius 1 is 1.30 bits per heavy atom. The van der Waals surface area contributed by atoms with Gasteiger partial charge in [-0.2, -0.15) is 0 Å². The lowest BCUT2D eigenvalue weighted by Gasteiger charge is -2.19. The summed E-state index contributed by atoms with van der Waals surface area (Å²) in [6.45, 7) is 3.17. The van der Waals surface area contributed by atoms with E-state index >= 15 is 0 Å². The molecular formula is C21H25N3O3. The summed E-state index contributed by atoms with van der Waals surface area (Å²) < 4.78 is 5.71. The number of carbonyl (C=O) groups is 1. The van der Waals surface area contributed by atoms with Crippen molar-refractivity contribution in [2.24, 2.45) is 10.7 Å². The van der Waals surface area contributed by atoms with Crippen molar-refractivity contribution in [3.05, 3.63) is 59.7 Å². The molecule has 0 bridgehead atoms. The highest BCUT2D eigenvalue weighted by Crippen LogP contribution is 2.35. The number of fused-ring (bicyclic) bond motifs is 1. The number of nitrogens with two attached hydrogens (primary N) is 1. The maximum absolute atomic E-state index is 11.7. The molecule has 142 valence electrons. The fourth-order valence-corrected chi connectivity index (χ4v) is 3.27. The van der Waals surface area contributed by atoms with E-state index in [1.807, 2.05) is 67.4 Å². The number of amides is 1. The summed E-state index contributed by atoms with van der Waals surface area (Å²) in [6.07, 6.45) is -0.307. The zero-order valence-corrected chi connectivity index (χ0v) is 15.6. The van der Waals surface area contributed by atoms with Crippen molar-refractivity contribution in [3.8, 4) is 5.75 Å². The largest absolute Gasteiger partial charge is 0.492 e. The van der Waals surface area contributed by atoms with Gasteiger partial charge in [0.2, 0.25) is 5.91 Å². The number of nitrogens with zero attached hydrogens (tertiary/aromatic N) is 2. The Morgan fingerprint density at radius 3 is 2.74 bits per heavy atom. The van der Waals surface area contributed by atoms with Crippen LogP contribution in [0.1, 0.15) is 24.0 Å². The van der Waals surface area contributed by atoms with Crippen molar-refractivity contribution in [3.63, 3.8) is 0 Å². The molecule has 0 radical (unpaired) electrons. The van der Waals surface area contributed by atoms with Crippen LogP contribution in [0, 0.1) is 0 Å². The molecule has 2 aromatic carbocycles. The molecule has 0 saturated carbocycles. The molecule has 1 aliphatic rings. The van der Waals surface area contributed by atoms with Crippen molar-refractivity contribution in [2.75, 3.05) is 20.2 Å². The van der Waals surface area contributed by atoms with E-state index in [0.717, 1.165) is 28.4 Å². The smallest absolute Gasteiger partial charge is 0.227 e. The highest BCUT2D eigenvalue weighted by Gasteiger charge is 2.35. The van der Waals surface area contributed by atoms with E-state index in [1.165, 1.54) is 0 Å². The highest BCUT2D eigenvalue weighted by atomic mass is 16.5. The van der Waals surface area contributed by atoms with E-state index in [9.17, 15) is 9.90 Å². The molecule has 0 aliphatic heterocycles. The second-order valence-corrected chi connectivity index (χ2v) is 6.78. The summed E-state index contributed by atoms with van der Waals surface area (Å²) in [4.78, 5) is 18.3. The number of aliphatic hydroxyl groups excluding tert-OH is 1. The van der Waals surface area contributed by atoms with Crippen molar-refractivity contribution in [2.45, 2.75) is 25.4 Å². The third-order valence-corrected chi connectivity index (χ3v) is 4.87. The number of carbonyl (C=O) groups excluding carboxylic acids is 1. The normalized spacial score (nSPS) is 18.9. The van der Waals surface area contributed by atoms with Gasteiger partial charge in [0.05, 0.1) is 24.3 Å². The molecule has 1 aliphatic carbocycles. The first kappa shape index (κ1) is 18.9. The summed E-state index contributed by atoms with van der Waals surface area (Å²) in [5.41, 5.74) is 7.92. The summed E-state index contributed by atoms with van der Waals surface area (Å²) in [5.74, 6) is 0.512. The number of aliphatic hydroxyl groups is 1. The van der Waals surface area contributed by atoms with Gasteiger partial charge in [0, 0.05) is 7.05 Å². The maximum atomic E-state index is 11.7. The molecule has 6 heteroatoms. The summed E-state index contributed by atoms with van der Waals surface area (Å²) in [6, 6.07) is 15.3. The van der Waals surface area contributed by atoms with Crippen LogP contribution in [0.3, 0.4) is 0 Å². The predicted octanol–water partition coefficient (Wildman–Crippen LogP) is 2.23. The first-order chi connectivity index (χ1) is 13.0. The maximum Gasteiger partial charge on any atom is 0.227 e. The molecule has 0 fully saturated rings. The van der Waals surface area contributed by atoms with Gasteiger partial charge in [0.25, 0.3) is 0 Å². The second kappa shape index (κ2) is 8.22. The fourth-order valence-electron chi connectivity index (χ4n) is 3.27. The van der Waals surface area contributed by atoms with Gasteiger partial charge in [-0.3, -0.25) is 4.79 Å². The van der Waals surface area contributed by atoms with Crippen LogP contribution < -0.4 is 10.5 Å². The molecule has 0 aromatic heterocycles. The summed E-state index contributed by atoms with van der Waals surface area (Å²) in [7, 11) is 1.95. The molecule has 2 atom stereocenters. The monoisotopic (exact) mass is 367 g/mol. The zero-order valence-electron chi connectivity index (χ0n) is 15.6. The van der Waals surface area contributed by atoms with Gasteiger partial charge in [-0.05, 0) is 48.7 Å².